The van der Waals surface area contributed by atoms with E-state index in [0.29, 0.717) is 6.54 Å². The number of urea groups is 1. The molecule has 5 heteroatoms. The first-order chi connectivity index (χ1) is 13.8. The number of carbonyl (C=O) groups excluding carboxylic acids is 1. The molecule has 5 nitrogen and oxygen atoms in total. The van der Waals surface area contributed by atoms with Crippen LogP contribution in [0.1, 0.15) is 5.56 Å². The van der Waals surface area contributed by atoms with Gasteiger partial charge in [0.05, 0.1) is 13.7 Å². The van der Waals surface area contributed by atoms with Gasteiger partial charge in [0, 0.05) is 11.9 Å². The number of nitrogens with one attached hydrogen (secondary N) is 2. The number of benzene rings is 3. The van der Waals surface area contributed by atoms with Gasteiger partial charge in [-0.25, -0.2) is 4.79 Å². The summed E-state index contributed by atoms with van der Waals surface area (Å²) < 4.78 is 10.8. The molecule has 28 heavy (non-hydrogen) atoms. The van der Waals surface area contributed by atoms with Crippen molar-refractivity contribution in [3.05, 3.63) is 72.3 Å². The van der Waals surface area contributed by atoms with Crippen molar-refractivity contribution >= 4 is 16.8 Å². The van der Waals surface area contributed by atoms with Crippen molar-refractivity contribution in [1.82, 2.24) is 10.6 Å². The minimum Gasteiger partial charge on any atom is -0.497 e. The number of hydrogen-bond acceptors (Lipinski definition) is 3. The predicted octanol–water partition coefficient (Wildman–Crippen LogP) is 3.73. The third kappa shape index (κ3) is 5.42. The van der Waals surface area contributed by atoms with Gasteiger partial charge < -0.3 is 20.1 Å². The van der Waals surface area contributed by atoms with E-state index in [1.165, 1.54) is 0 Å². The smallest absolute Gasteiger partial charge is 0.315 e. The molecule has 0 unspecified atom stereocenters. The standard InChI is InChI=1S/C23H22N2O3/c1-27-20-13-11-18(12-14-20)17-25-23(26)24-15-4-5-16-28-22-10-6-8-19-7-2-3-9-21(19)22/h2-3,6-14H,15-17H2,1H3,(H2,24,25,26). The predicted molar refractivity (Wildman–Crippen MR) is 110 cm³/mol. The molecule has 3 aromatic rings. The Labute approximate surface area is 164 Å². The number of hydrogen-bond donors (Lipinski definition) is 2. The van der Waals surface area contributed by atoms with Gasteiger partial charge in [-0.15, -0.1) is 0 Å². The Kier molecular flexibility index (Phi) is 6.75. The van der Waals surface area contributed by atoms with Gasteiger partial charge >= 0.3 is 6.03 Å². The molecule has 2 N–H and O–H groups in total. The van der Waals surface area contributed by atoms with Crippen molar-refractivity contribution in [1.29, 1.82) is 0 Å². The highest BCUT2D eigenvalue weighted by atomic mass is 16.5. The maximum absolute atomic E-state index is 11.8. The van der Waals surface area contributed by atoms with Crippen LogP contribution in [0.5, 0.6) is 11.5 Å². The summed E-state index contributed by atoms with van der Waals surface area (Å²) in [6.07, 6.45) is 0. The van der Waals surface area contributed by atoms with Crippen molar-refractivity contribution < 1.29 is 14.3 Å². The maximum atomic E-state index is 11.8. The minimum atomic E-state index is -0.264. The maximum Gasteiger partial charge on any atom is 0.315 e. The summed E-state index contributed by atoms with van der Waals surface area (Å²) in [5.41, 5.74) is 0.991. The van der Waals surface area contributed by atoms with Crippen LogP contribution >= 0.6 is 0 Å². The Morgan fingerprint density at radius 1 is 0.929 bits per heavy atom. The van der Waals surface area contributed by atoms with Crippen molar-refractivity contribution in [2.45, 2.75) is 6.54 Å². The summed E-state index contributed by atoms with van der Waals surface area (Å²) in [6.45, 7) is 0.962. The fourth-order valence-corrected chi connectivity index (χ4v) is 2.66. The topological polar surface area (TPSA) is 59.6 Å². The van der Waals surface area contributed by atoms with Gasteiger partial charge in [0.1, 0.15) is 18.1 Å². The van der Waals surface area contributed by atoms with E-state index in [2.05, 4.69) is 22.5 Å². The van der Waals surface area contributed by atoms with Gasteiger partial charge in [-0.1, -0.05) is 60.4 Å². The normalized spacial score (nSPS) is 9.89. The Morgan fingerprint density at radius 3 is 2.54 bits per heavy atom. The summed E-state index contributed by atoms with van der Waals surface area (Å²) >= 11 is 0. The average Bonchev–Trinajstić information content (AvgIpc) is 2.75. The summed E-state index contributed by atoms with van der Waals surface area (Å²) in [4.78, 5) is 11.8. The number of ether oxygens (including phenoxy) is 2. The van der Waals surface area contributed by atoms with E-state index >= 15 is 0 Å². The van der Waals surface area contributed by atoms with Crippen LogP contribution in [0.4, 0.5) is 4.79 Å². The van der Waals surface area contributed by atoms with Crippen LogP contribution in [-0.4, -0.2) is 26.3 Å². The van der Waals surface area contributed by atoms with E-state index in [0.717, 1.165) is 27.8 Å². The Balaban J connectivity index is 1.38. The van der Waals surface area contributed by atoms with Crippen LogP contribution < -0.4 is 20.1 Å². The van der Waals surface area contributed by atoms with E-state index < -0.39 is 0 Å². The van der Waals surface area contributed by atoms with E-state index in [1.807, 2.05) is 66.7 Å². The van der Waals surface area contributed by atoms with Crippen LogP contribution in [0.3, 0.4) is 0 Å². The third-order valence-corrected chi connectivity index (χ3v) is 4.12. The molecule has 0 saturated heterocycles. The second-order valence-electron chi connectivity index (χ2n) is 6.00. The monoisotopic (exact) mass is 374 g/mol. The number of carbonyl (C=O) groups is 1. The highest BCUT2D eigenvalue weighted by Crippen LogP contribution is 2.24. The van der Waals surface area contributed by atoms with Gasteiger partial charge in [-0.3, -0.25) is 0 Å². The molecule has 0 heterocycles. The molecule has 3 rings (SSSR count). The van der Waals surface area contributed by atoms with Crippen LogP contribution in [0.2, 0.25) is 0 Å². The summed E-state index contributed by atoms with van der Waals surface area (Å²) in [6, 6.07) is 21.2. The Morgan fingerprint density at radius 2 is 1.71 bits per heavy atom. The van der Waals surface area contributed by atoms with Gasteiger partial charge in [0.15, 0.2) is 0 Å². The number of fused-ring (bicyclic) bond motifs is 1. The highest BCUT2D eigenvalue weighted by molar-refractivity contribution is 5.88. The van der Waals surface area contributed by atoms with Crippen molar-refractivity contribution in [2.24, 2.45) is 0 Å². The number of amides is 2. The fraction of sp³-hybridized carbons (Fsp3) is 0.174. The van der Waals surface area contributed by atoms with Gasteiger partial charge in [0.25, 0.3) is 0 Å². The molecule has 0 radical (unpaired) electrons. The number of rotatable bonds is 6. The first-order valence-electron chi connectivity index (χ1n) is 8.97. The molecule has 0 aromatic heterocycles. The Hall–Kier alpha value is -3.65. The molecule has 0 fully saturated rings. The van der Waals surface area contributed by atoms with Gasteiger partial charge in [-0.2, -0.15) is 0 Å². The zero-order valence-electron chi connectivity index (χ0n) is 15.7. The van der Waals surface area contributed by atoms with Crippen molar-refractivity contribution in [3.63, 3.8) is 0 Å². The lowest BCUT2D eigenvalue weighted by Crippen LogP contribution is -2.35. The quantitative estimate of drug-likeness (QED) is 0.647. The third-order valence-electron chi connectivity index (χ3n) is 4.12. The van der Waals surface area contributed by atoms with E-state index in [1.54, 1.807) is 7.11 Å². The largest absolute Gasteiger partial charge is 0.497 e. The fourth-order valence-electron chi connectivity index (χ4n) is 2.66. The highest BCUT2D eigenvalue weighted by Gasteiger charge is 2.00. The first-order valence-corrected chi connectivity index (χ1v) is 8.97. The van der Waals surface area contributed by atoms with Crippen LogP contribution in [-0.2, 0) is 6.54 Å². The average molecular weight is 374 g/mol. The summed E-state index contributed by atoms with van der Waals surface area (Å²) in [7, 11) is 1.62. The van der Waals surface area contributed by atoms with Crippen LogP contribution in [0, 0.1) is 11.8 Å². The van der Waals surface area contributed by atoms with Crippen molar-refractivity contribution in [2.75, 3.05) is 20.3 Å². The van der Waals surface area contributed by atoms with Crippen LogP contribution in [0.25, 0.3) is 10.8 Å². The van der Waals surface area contributed by atoms with Crippen molar-refractivity contribution in [3.8, 4) is 23.3 Å². The van der Waals surface area contributed by atoms with Crippen LogP contribution in [0.15, 0.2) is 66.7 Å². The summed E-state index contributed by atoms with van der Waals surface area (Å²) in [5, 5.41) is 7.67. The lowest BCUT2D eigenvalue weighted by Gasteiger charge is -2.07. The Bertz CT molecular complexity index is 983. The molecule has 0 bridgehead atoms. The first kappa shape index (κ1) is 19.1. The SMILES string of the molecule is COc1ccc(CNC(=O)NCC#CCOc2cccc3ccccc23)cc1. The van der Waals surface area contributed by atoms with Gasteiger partial charge in [0.2, 0.25) is 0 Å². The lowest BCUT2D eigenvalue weighted by molar-refractivity contribution is 0.241. The molecule has 2 amide bonds. The van der Waals surface area contributed by atoms with Gasteiger partial charge in [-0.05, 0) is 29.1 Å². The molecule has 0 aliphatic rings. The molecule has 0 saturated carbocycles. The molecule has 0 aliphatic heterocycles. The lowest BCUT2D eigenvalue weighted by atomic mass is 10.1. The molecular formula is C23H22N2O3. The minimum absolute atomic E-state index is 0.257. The molecule has 142 valence electrons. The molecule has 0 spiro atoms. The van der Waals surface area contributed by atoms with E-state index in [9.17, 15) is 4.79 Å². The molecule has 0 aliphatic carbocycles. The molecule has 0 atom stereocenters. The zero-order valence-corrected chi connectivity index (χ0v) is 15.7. The second-order valence-corrected chi connectivity index (χ2v) is 6.00. The zero-order chi connectivity index (χ0) is 19.6. The summed E-state index contributed by atoms with van der Waals surface area (Å²) in [5.74, 6) is 7.39. The second kappa shape index (κ2) is 9.89. The molecular weight excluding hydrogens is 352 g/mol. The number of methoxy groups -OCH3 is 1. The molecule has 3 aromatic carbocycles. The van der Waals surface area contributed by atoms with E-state index in [-0.39, 0.29) is 19.2 Å². The van der Waals surface area contributed by atoms with E-state index in [4.69, 9.17) is 9.47 Å².